The number of nitrogens with zero attached hydrogens (tertiary/aromatic N) is 3. The molecule has 1 aromatic heterocycles. The lowest BCUT2D eigenvalue weighted by atomic mass is 10.0. The Kier molecular flexibility index (Phi) is 5.74. The predicted molar refractivity (Wildman–Crippen MR) is 120 cm³/mol. The molecule has 0 spiro atoms. The average Bonchev–Trinajstić information content (AvgIpc) is 3.21. The number of aromatic nitrogens is 1. The molecular weight excluding hydrogens is 358 g/mol. The van der Waals surface area contributed by atoms with Gasteiger partial charge in [0.05, 0.1) is 5.52 Å². The van der Waals surface area contributed by atoms with Gasteiger partial charge in [-0.15, -0.1) is 0 Å². The van der Waals surface area contributed by atoms with Gasteiger partial charge in [0.15, 0.2) is 0 Å². The van der Waals surface area contributed by atoms with Gasteiger partial charge >= 0.3 is 0 Å². The third-order valence-corrected chi connectivity index (χ3v) is 7.31. The Balaban J connectivity index is 1.50. The molecule has 4 nitrogen and oxygen atoms in total. The molecule has 0 unspecified atom stereocenters. The summed E-state index contributed by atoms with van der Waals surface area (Å²) < 4.78 is 2.11. The van der Waals surface area contributed by atoms with Crippen LogP contribution in [0.2, 0.25) is 0 Å². The zero-order valence-corrected chi connectivity index (χ0v) is 17.8. The average molecular weight is 394 g/mol. The van der Waals surface area contributed by atoms with Crippen molar-refractivity contribution in [3.05, 3.63) is 45.2 Å². The van der Waals surface area contributed by atoms with E-state index in [0.29, 0.717) is 0 Å². The first-order chi connectivity index (χ1) is 14.3. The summed E-state index contributed by atoms with van der Waals surface area (Å²) in [6.07, 6.45) is 11.5. The maximum Gasteiger partial charge on any atom is 0.255 e. The molecule has 0 saturated carbocycles. The van der Waals surface area contributed by atoms with Crippen molar-refractivity contribution in [2.75, 3.05) is 32.7 Å². The van der Waals surface area contributed by atoms with Gasteiger partial charge in [-0.1, -0.05) is 12.8 Å². The Bertz CT molecular complexity index is 920. The van der Waals surface area contributed by atoms with Gasteiger partial charge in [0.25, 0.3) is 5.56 Å². The normalized spacial score (nSPS) is 21.0. The van der Waals surface area contributed by atoms with Crippen LogP contribution in [0, 0.1) is 0 Å². The number of fused-ring (bicyclic) bond motifs is 2. The number of rotatable bonds is 5. The second-order valence-electron chi connectivity index (χ2n) is 9.40. The summed E-state index contributed by atoms with van der Waals surface area (Å²) in [5.74, 6) is 0. The second kappa shape index (κ2) is 8.61. The molecule has 0 bridgehead atoms. The van der Waals surface area contributed by atoms with Crippen molar-refractivity contribution in [2.45, 2.75) is 70.9 Å². The van der Waals surface area contributed by atoms with E-state index in [9.17, 15) is 4.79 Å². The first kappa shape index (κ1) is 19.3. The minimum atomic E-state index is 0.248. The fraction of sp³-hybridized carbons (Fsp3) is 0.640. The topological polar surface area (TPSA) is 28.5 Å². The van der Waals surface area contributed by atoms with Crippen LogP contribution in [0.1, 0.15) is 61.6 Å². The van der Waals surface area contributed by atoms with Crippen LogP contribution in [0.5, 0.6) is 0 Å². The van der Waals surface area contributed by atoms with E-state index in [2.05, 4.69) is 32.6 Å². The SMILES string of the molecule is O=c1c(CN2CCCCC2)cc2cc3c(cc2n1CCN1CCCCC1)CCC3. The number of piperidine rings is 2. The summed E-state index contributed by atoms with van der Waals surface area (Å²) in [5.41, 5.74) is 5.37. The lowest BCUT2D eigenvalue weighted by Gasteiger charge is -2.28. The molecule has 156 valence electrons. The smallest absolute Gasteiger partial charge is 0.255 e. The van der Waals surface area contributed by atoms with E-state index in [1.807, 2.05) is 0 Å². The van der Waals surface area contributed by atoms with Crippen LogP contribution >= 0.6 is 0 Å². The highest BCUT2D eigenvalue weighted by Crippen LogP contribution is 2.28. The highest BCUT2D eigenvalue weighted by Gasteiger charge is 2.19. The van der Waals surface area contributed by atoms with Crippen molar-refractivity contribution in [2.24, 2.45) is 0 Å². The molecule has 5 rings (SSSR count). The maximum absolute atomic E-state index is 13.5. The largest absolute Gasteiger partial charge is 0.307 e. The lowest BCUT2D eigenvalue weighted by Crippen LogP contribution is -2.37. The van der Waals surface area contributed by atoms with Crippen molar-refractivity contribution >= 4 is 10.9 Å². The van der Waals surface area contributed by atoms with Crippen molar-refractivity contribution < 1.29 is 0 Å². The van der Waals surface area contributed by atoms with E-state index < -0.39 is 0 Å². The molecule has 1 aliphatic carbocycles. The highest BCUT2D eigenvalue weighted by atomic mass is 16.1. The van der Waals surface area contributed by atoms with Gasteiger partial charge in [0, 0.05) is 25.2 Å². The summed E-state index contributed by atoms with van der Waals surface area (Å²) >= 11 is 0. The molecule has 0 amide bonds. The van der Waals surface area contributed by atoms with Gasteiger partial charge in [-0.05, 0) is 106 Å². The number of hydrogen-bond donors (Lipinski definition) is 0. The van der Waals surface area contributed by atoms with Crippen molar-refractivity contribution in [3.63, 3.8) is 0 Å². The molecular formula is C25H35N3O. The van der Waals surface area contributed by atoms with Crippen molar-refractivity contribution in [1.29, 1.82) is 0 Å². The molecule has 2 fully saturated rings. The zero-order chi connectivity index (χ0) is 19.6. The van der Waals surface area contributed by atoms with Gasteiger partial charge in [0.2, 0.25) is 0 Å². The zero-order valence-electron chi connectivity index (χ0n) is 17.8. The minimum absolute atomic E-state index is 0.248. The molecule has 2 saturated heterocycles. The molecule has 0 atom stereocenters. The van der Waals surface area contributed by atoms with Crippen LogP contribution in [0.4, 0.5) is 0 Å². The Morgan fingerprint density at radius 1 is 0.690 bits per heavy atom. The second-order valence-corrected chi connectivity index (χ2v) is 9.40. The Morgan fingerprint density at radius 3 is 2.07 bits per heavy atom. The summed E-state index contributed by atoms with van der Waals surface area (Å²) in [4.78, 5) is 18.6. The van der Waals surface area contributed by atoms with E-state index in [1.165, 1.54) is 87.4 Å². The molecule has 3 heterocycles. The molecule has 1 aromatic carbocycles. The van der Waals surface area contributed by atoms with Gasteiger partial charge < -0.3 is 9.47 Å². The predicted octanol–water partition coefficient (Wildman–Crippen LogP) is 3.96. The molecule has 3 aliphatic rings. The third kappa shape index (κ3) is 4.15. The summed E-state index contributed by atoms with van der Waals surface area (Å²) in [7, 11) is 0. The van der Waals surface area contributed by atoms with Gasteiger partial charge in [-0.2, -0.15) is 0 Å². The van der Waals surface area contributed by atoms with Crippen LogP contribution in [-0.2, 0) is 25.9 Å². The van der Waals surface area contributed by atoms with E-state index in [0.717, 1.165) is 43.8 Å². The third-order valence-electron chi connectivity index (χ3n) is 7.31. The molecule has 29 heavy (non-hydrogen) atoms. The quantitative estimate of drug-likeness (QED) is 0.770. The number of likely N-dealkylation sites (tertiary alicyclic amines) is 2. The number of aryl methyl sites for hydroxylation is 2. The van der Waals surface area contributed by atoms with Gasteiger partial charge in [-0.3, -0.25) is 9.69 Å². The first-order valence-electron chi connectivity index (χ1n) is 11.9. The fourth-order valence-corrected chi connectivity index (χ4v) is 5.63. The Hall–Kier alpha value is -1.65. The lowest BCUT2D eigenvalue weighted by molar-refractivity contribution is 0.216. The number of pyridine rings is 1. The molecule has 2 aliphatic heterocycles. The Labute approximate surface area is 174 Å². The molecule has 0 radical (unpaired) electrons. The van der Waals surface area contributed by atoms with Crippen LogP contribution in [0.25, 0.3) is 10.9 Å². The monoisotopic (exact) mass is 393 g/mol. The summed E-state index contributed by atoms with van der Waals surface area (Å²) in [5, 5.41) is 1.27. The Morgan fingerprint density at radius 2 is 1.34 bits per heavy atom. The number of hydrogen-bond acceptors (Lipinski definition) is 3. The van der Waals surface area contributed by atoms with E-state index in [4.69, 9.17) is 0 Å². The summed E-state index contributed by atoms with van der Waals surface area (Å²) in [6.45, 7) is 7.28. The minimum Gasteiger partial charge on any atom is -0.307 e. The maximum atomic E-state index is 13.5. The van der Waals surface area contributed by atoms with Gasteiger partial charge in [0.1, 0.15) is 0 Å². The van der Waals surface area contributed by atoms with Crippen LogP contribution < -0.4 is 5.56 Å². The van der Waals surface area contributed by atoms with Gasteiger partial charge in [-0.25, -0.2) is 0 Å². The standard InChI is InChI=1S/C25H35N3O/c29-25-23(19-27-12-5-2-6-13-27)17-22-16-20-8-7-9-21(20)18-24(22)28(25)15-14-26-10-3-1-4-11-26/h16-18H,1-15,19H2. The van der Waals surface area contributed by atoms with E-state index in [1.54, 1.807) is 0 Å². The van der Waals surface area contributed by atoms with Crippen molar-refractivity contribution in [1.82, 2.24) is 14.4 Å². The van der Waals surface area contributed by atoms with E-state index >= 15 is 0 Å². The fourth-order valence-electron chi connectivity index (χ4n) is 5.63. The number of benzene rings is 1. The van der Waals surface area contributed by atoms with Crippen LogP contribution in [-0.4, -0.2) is 47.1 Å². The molecule has 2 aromatic rings. The molecule has 4 heteroatoms. The van der Waals surface area contributed by atoms with Crippen LogP contribution in [0.15, 0.2) is 23.0 Å². The van der Waals surface area contributed by atoms with Crippen molar-refractivity contribution in [3.8, 4) is 0 Å². The summed E-state index contributed by atoms with van der Waals surface area (Å²) in [6, 6.07) is 6.93. The molecule has 0 N–H and O–H groups in total. The first-order valence-corrected chi connectivity index (χ1v) is 11.9. The highest BCUT2D eigenvalue weighted by molar-refractivity contribution is 5.82. The van der Waals surface area contributed by atoms with E-state index in [-0.39, 0.29) is 5.56 Å². The van der Waals surface area contributed by atoms with Crippen LogP contribution in [0.3, 0.4) is 0 Å².